The molecule has 2 heterocycles. The first-order chi connectivity index (χ1) is 15.7. The lowest BCUT2D eigenvalue weighted by Crippen LogP contribution is -2.48. The number of amides is 4. The van der Waals surface area contributed by atoms with Crippen molar-refractivity contribution >= 4 is 23.6 Å². The van der Waals surface area contributed by atoms with Crippen molar-refractivity contribution in [2.24, 2.45) is 11.8 Å². The molecule has 4 rings (SSSR count). The van der Waals surface area contributed by atoms with Gasteiger partial charge in [-0.2, -0.15) is 0 Å². The standard InChI is InChI=1S/C26H28N2O5/c1-15(2)21(27-23(29)17-9-5-6-10-18(17)24(27)30)13-33-14-22(16(3)4)28-25(31)19-11-7-8-12-20(19)26(28)32/h5-12,15-16,21-22H,13-14H2,1-4H3/t21-,22-/m1/s1. The molecule has 4 amide bonds. The number of rotatable bonds is 8. The van der Waals surface area contributed by atoms with E-state index < -0.39 is 12.1 Å². The fourth-order valence-electron chi connectivity index (χ4n) is 4.46. The first kappa shape index (κ1) is 22.9. The average molecular weight is 449 g/mol. The first-order valence-electron chi connectivity index (χ1n) is 11.3. The number of ether oxygens (including phenoxy) is 1. The van der Waals surface area contributed by atoms with Gasteiger partial charge in [0.2, 0.25) is 0 Å². The van der Waals surface area contributed by atoms with Crippen LogP contribution >= 0.6 is 0 Å². The maximum absolute atomic E-state index is 12.9. The first-order valence-corrected chi connectivity index (χ1v) is 11.3. The Morgan fingerprint density at radius 3 is 1.09 bits per heavy atom. The lowest BCUT2D eigenvalue weighted by molar-refractivity contribution is 0.00779. The molecule has 7 heteroatoms. The van der Waals surface area contributed by atoms with Crippen LogP contribution in [0.4, 0.5) is 0 Å². The van der Waals surface area contributed by atoms with Crippen molar-refractivity contribution in [2.45, 2.75) is 39.8 Å². The number of hydrogen-bond donors (Lipinski definition) is 0. The van der Waals surface area contributed by atoms with E-state index in [1.807, 2.05) is 27.7 Å². The molecule has 2 atom stereocenters. The van der Waals surface area contributed by atoms with Crippen molar-refractivity contribution in [3.05, 3.63) is 70.8 Å². The van der Waals surface area contributed by atoms with Crippen LogP contribution in [0.1, 0.15) is 69.1 Å². The molecule has 172 valence electrons. The van der Waals surface area contributed by atoms with Gasteiger partial charge in [-0.3, -0.25) is 29.0 Å². The van der Waals surface area contributed by atoms with Crippen LogP contribution in [0.25, 0.3) is 0 Å². The predicted octanol–water partition coefficient (Wildman–Crippen LogP) is 3.64. The van der Waals surface area contributed by atoms with Crippen LogP contribution in [0.2, 0.25) is 0 Å². The Labute approximate surface area is 193 Å². The lowest BCUT2D eigenvalue weighted by Gasteiger charge is -2.32. The van der Waals surface area contributed by atoms with Gasteiger partial charge in [0.25, 0.3) is 23.6 Å². The summed E-state index contributed by atoms with van der Waals surface area (Å²) in [5.41, 5.74) is 1.61. The minimum Gasteiger partial charge on any atom is -0.377 e. The maximum Gasteiger partial charge on any atom is 0.261 e. The largest absolute Gasteiger partial charge is 0.377 e. The number of fused-ring (bicyclic) bond motifs is 2. The Kier molecular flexibility index (Phi) is 6.17. The van der Waals surface area contributed by atoms with Crippen LogP contribution < -0.4 is 0 Å². The molecule has 0 saturated carbocycles. The van der Waals surface area contributed by atoms with Gasteiger partial charge in [-0.05, 0) is 36.1 Å². The van der Waals surface area contributed by atoms with Gasteiger partial charge >= 0.3 is 0 Å². The number of carbonyl (C=O) groups is 4. The second-order valence-corrected chi connectivity index (χ2v) is 9.21. The predicted molar refractivity (Wildman–Crippen MR) is 122 cm³/mol. The Bertz CT molecular complexity index is 966. The second kappa shape index (κ2) is 8.90. The van der Waals surface area contributed by atoms with Gasteiger partial charge in [-0.15, -0.1) is 0 Å². The molecule has 0 aromatic heterocycles. The van der Waals surface area contributed by atoms with Crippen LogP contribution in [0.5, 0.6) is 0 Å². The van der Waals surface area contributed by atoms with E-state index in [2.05, 4.69) is 0 Å². The highest BCUT2D eigenvalue weighted by molar-refractivity contribution is 6.22. The Hall–Kier alpha value is -3.32. The summed E-state index contributed by atoms with van der Waals surface area (Å²) in [6.45, 7) is 7.97. The van der Waals surface area contributed by atoms with Crippen molar-refractivity contribution in [1.82, 2.24) is 9.80 Å². The number of benzene rings is 2. The van der Waals surface area contributed by atoms with Gasteiger partial charge in [0.1, 0.15) is 0 Å². The van der Waals surface area contributed by atoms with E-state index in [9.17, 15) is 19.2 Å². The number of carbonyl (C=O) groups excluding carboxylic acids is 4. The quantitative estimate of drug-likeness (QED) is 0.576. The molecule has 0 radical (unpaired) electrons. The molecule has 0 bridgehead atoms. The molecule has 0 fully saturated rings. The fourth-order valence-corrected chi connectivity index (χ4v) is 4.46. The minimum atomic E-state index is -0.465. The summed E-state index contributed by atoms with van der Waals surface area (Å²) in [6.07, 6.45) is 0. The normalized spacial score (nSPS) is 17.3. The van der Waals surface area contributed by atoms with E-state index in [0.717, 1.165) is 0 Å². The highest BCUT2D eigenvalue weighted by atomic mass is 16.5. The number of imide groups is 2. The molecular formula is C26H28N2O5. The van der Waals surface area contributed by atoms with E-state index in [4.69, 9.17) is 4.74 Å². The second-order valence-electron chi connectivity index (χ2n) is 9.21. The van der Waals surface area contributed by atoms with Crippen molar-refractivity contribution < 1.29 is 23.9 Å². The van der Waals surface area contributed by atoms with Gasteiger partial charge in [0, 0.05) is 0 Å². The molecule has 2 aliphatic rings. The molecule has 0 unspecified atom stereocenters. The highest BCUT2D eigenvalue weighted by Gasteiger charge is 2.43. The summed E-state index contributed by atoms with van der Waals surface area (Å²) < 4.78 is 6.00. The van der Waals surface area contributed by atoms with Crippen molar-refractivity contribution in [3.63, 3.8) is 0 Å². The Morgan fingerprint density at radius 1 is 0.576 bits per heavy atom. The van der Waals surface area contributed by atoms with E-state index in [1.54, 1.807) is 48.5 Å². The molecule has 0 spiro atoms. The van der Waals surface area contributed by atoms with Crippen molar-refractivity contribution in [2.75, 3.05) is 13.2 Å². The van der Waals surface area contributed by atoms with Crippen LogP contribution in [-0.4, -0.2) is 58.7 Å². The maximum atomic E-state index is 12.9. The van der Waals surface area contributed by atoms with Gasteiger partial charge < -0.3 is 4.74 Å². The van der Waals surface area contributed by atoms with E-state index >= 15 is 0 Å². The van der Waals surface area contributed by atoms with Gasteiger partial charge in [0.15, 0.2) is 0 Å². The molecule has 0 aliphatic carbocycles. The average Bonchev–Trinajstić information content (AvgIpc) is 3.19. The zero-order chi connectivity index (χ0) is 23.9. The fraction of sp³-hybridized carbons (Fsp3) is 0.385. The highest BCUT2D eigenvalue weighted by Crippen LogP contribution is 2.29. The molecule has 0 N–H and O–H groups in total. The lowest BCUT2D eigenvalue weighted by atomic mass is 10.0. The van der Waals surface area contributed by atoms with E-state index in [1.165, 1.54) is 9.80 Å². The zero-order valence-corrected chi connectivity index (χ0v) is 19.3. The molecule has 2 aromatic carbocycles. The number of hydrogen-bond acceptors (Lipinski definition) is 5. The van der Waals surface area contributed by atoms with Crippen LogP contribution in [0, 0.1) is 11.8 Å². The number of nitrogens with zero attached hydrogens (tertiary/aromatic N) is 2. The summed E-state index contributed by atoms with van der Waals surface area (Å²) in [7, 11) is 0. The summed E-state index contributed by atoms with van der Waals surface area (Å²) >= 11 is 0. The third kappa shape index (κ3) is 3.86. The summed E-state index contributed by atoms with van der Waals surface area (Å²) in [4.78, 5) is 54.3. The molecule has 33 heavy (non-hydrogen) atoms. The zero-order valence-electron chi connectivity index (χ0n) is 19.3. The van der Waals surface area contributed by atoms with Gasteiger partial charge in [-0.1, -0.05) is 52.0 Å². The summed E-state index contributed by atoms with van der Waals surface area (Å²) in [5, 5.41) is 0. The van der Waals surface area contributed by atoms with Gasteiger partial charge in [0.05, 0.1) is 47.6 Å². The Balaban J connectivity index is 1.48. The van der Waals surface area contributed by atoms with Crippen molar-refractivity contribution in [3.8, 4) is 0 Å². The molecular weight excluding hydrogens is 420 g/mol. The molecule has 2 aromatic rings. The smallest absolute Gasteiger partial charge is 0.261 e. The van der Waals surface area contributed by atoms with Gasteiger partial charge in [-0.25, -0.2) is 0 Å². The molecule has 7 nitrogen and oxygen atoms in total. The SMILES string of the molecule is CC(C)[C@@H](COC[C@H](C(C)C)N1C(=O)c2ccccc2C1=O)N1C(=O)c2ccccc2C1=O. The van der Waals surface area contributed by atoms with Crippen LogP contribution in [-0.2, 0) is 4.74 Å². The third-order valence-corrected chi connectivity index (χ3v) is 6.43. The Morgan fingerprint density at radius 2 is 0.848 bits per heavy atom. The summed E-state index contributed by atoms with van der Waals surface area (Å²) in [5.74, 6) is -1.36. The van der Waals surface area contributed by atoms with Crippen LogP contribution in [0.3, 0.4) is 0 Å². The van der Waals surface area contributed by atoms with E-state index in [0.29, 0.717) is 22.3 Å². The summed E-state index contributed by atoms with van der Waals surface area (Å²) in [6, 6.07) is 12.7. The third-order valence-electron chi connectivity index (χ3n) is 6.43. The monoisotopic (exact) mass is 448 g/mol. The van der Waals surface area contributed by atoms with E-state index in [-0.39, 0.29) is 48.7 Å². The molecule has 0 saturated heterocycles. The van der Waals surface area contributed by atoms with Crippen molar-refractivity contribution in [1.29, 1.82) is 0 Å². The topological polar surface area (TPSA) is 84.0 Å². The molecule has 2 aliphatic heterocycles. The van der Waals surface area contributed by atoms with Crippen LogP contribution in [0.15, 0.2) is 48.5 Å². The minimum absolute atomic E-state index is 0.0379.